The molecule has 114 valence electrons. The summed E-state index contributed by atoms with van der Waals surface area (Å²) in [6.45, 7) is 2.30. The van der Waals surface area contributed by atoms with Gasteiger partial charge in [-0.3, -0.25) is 19.3 Å². The Morgan fingerprint density at radius 3 is 2.95 bits per heavy atom. The van der Waals surface area contributed by atoms with Crippen molar-refractivity contribution < 1.29 is 19.5 Å². The number of hydrogen-bond acceptors (Lipinski definition) is 5. The molecule has 0 radical (unpaired) electrons. The second-order valence-corrected chi connectivity index (χ2v) is 5.40. The molecule has 0 spiro atoms. The predicted octanol–water partition coefficient (Wildman–Crippen LogP) is 1.24. The SMILES string of the molecule is CC1CCC(N(C)Cc2cc(O)ccc2C=O)C(=O)NO1. The van der Waals surface area contributed by atoms with E-state index in [1.54, 1.807) is 12.1 Å². The van der Waals surface area contributed by atoms with Gasteiger partial charge in [0.15, 0.2) is 0 Å². The molecule has 1 aliphatic rings. The van der Waals surface area contributed by atoms with E-state index < -0.39 is 0 Å². The first-order valence-corrected chi connectivity index (χ1v) is 6.94. The van der Waals surface area contributed by atoms with E-state index in [0.29, 0.717) is 24.1 Å². The zero-order valence-electron chi connectivity index (χ0n) is 12.2. The summed E-state index contributed by atoms with van der Waals surface area (Å²) in [6, 6.07) is 4.27. The molecule has 2 atom stereocenters. The Balaban J connectivity index is 2.13. The first kappa shape index (κ1) is 15.5. The zero-order chi connectivity index (χ0) is 15.4. The Morgan fingerprint density at radius 1 is 1.48 bits per heavy atom. The summed E-state index contributed by atoms with van der Waals surface area (Å²) in [4.78, 5) is 30.1. The number of rotatable bonds is 4. The van der Waals surface area contributed by atoms with Crippen LogP contribution in [0, 0.1) is 0 Å². The number of carbonyl (C=O) groups excluding carboxylic acids is 2. The van der Waals surface area contributed by atoms with Gasteiger partial charge in [0.2, 0.25) is 0 Å². The Labute approximate surface area is 123 Å². The van der Waals surface area contributed by atoms with Gasteiger partial charge in [-0.05, 0) is 50.6 Å². The highest BCUT2D eigenvalue weighted by atomic mass is 16.7. The van der Waals surface area contributed by atoms with Gasteiger partial charge in [-0.2, -0.15) is 0 Å². The number of phenols is 1. The molecule has 1 heterocycles. The van der Waals surface area contributed by atoms with Crippen molar-refractivity contribution >= 4 is 12.2 Å². The van der Waals surface area contributed by atoms with Gasteiger partial charge in [-0.15, -0.1) is 0 Å². The molecule has 1 aromatic rings. The molecule has 0 aliphatic carbocycles. The van der Waals surface area contributed by atoms with Gasteiger partial charge in [0, 0.05) is 12.1 Å². The summed E-state index contributed by atoms with van der Waals surface area (Å²) in [5, 5.41) is 9.55. The number of amides is 1. The Morgan fingerprint density at radius 2 is 2.24 bits per heavy atom. The smallest absolute Gasteiger partial charge is 0.260 e. The van der Waals surface area contributed by atoms with Crippen molar-refractivity contribution in [1.82, 2.24) is 10.4 Å². The van der Waals surface area contributed by atoms with Crippen LogP contribution in [0.15, 0.2) is 18.2 Å². The molecular formula is C15H20N2O4. The highest BCUT2D eigenvalue weighted by Gasteiger charge is 2.28. The minimum absolute atomic E-state index is 0.0151. The molecule has 6 nitrogen and oxygen atoms in total. The van der Waals surface area contributed by atoms with Crippen LogP contribution in [0.4, 0.5) is 0 Å². The lowest BCUT2D eigenvalue weighted by Gasteiger charge is -2.25. The van der Waals surface area contributed by atoms with Gasteiger partial charge in [0.1, 0.15) is 12.0 Å². The second kappa shape index (κ2) is 6.69. The number of likely N-dealkylation sites (N-methyl/N-ethyl adjacent to an activating group) is 1. The summed E-state index contributed by atoms with van der Waals surface area (Å²) < 4.78 is 0. The summed E-state index contributed by atoms with van der Waals surface area (Å²) in [5.74, 6) is -0.0825. The van der Waals surface area contributed by atoms with Crippen molar-refractivity contribution in [3.05, 3.63) is 29.3 Å². The number of aromatic hydroxyl groups is 1. The van der Waals surface area contributed by atoms with E-state index in [-0.39, 0.29) is 23.8 Å². The average Bonchev–Trinajstić information content (AvgIpc) is 2.61. The van der Waals surface area contributed by atoms with Gasteiger partial charge < -0.3 is 5.11 Å². The van der Waals surface area contributed by atoms with Crippen LogP contribution < -0.4 is 5.48 Å². The van der Waals surface area contributed by atoms with E-state index in [1.165, 1.54) is 6.07 Å². The van der Waals surface area contributed by atoms with Gasteiger partial charge >= 0.3 is 0 Å². The maximum absolute atomic E-state index is 12.0. The molecule has 2 unspecified atom stereocenters. The third-order valence-electron chi connectivity index (χ3n) is 3.72. The first-order valence-electron chi connectivity index (χ1n) is 6.94. The normalized spacial score (nSPS) is 22.7. The van der Waals surface area contributed by atoms with Crippen molar-refractivity contribution in [3.63, 3.8) is 0 Å². The average molecular weight is 292 g/mol. The number of nitrogens with zero attached hydrogens (tertiary/aromatic N) is 1. The summed E-state index contributed by atoms with van der Waals surface area (Å²) in [7, 11) is 1.82. The third kappa shape index (κ3) is 3.80. The van der Waals surface area contributed by atoms with Crippen molar-refractivity contribution in [2.24, 2.45) is 0 Å². The van der Waals surface area contributed by atoms with Crippen molar-refractivity contribution in [2.75, 3.05) is 7.05 Å². The number of aldehydes is 1. The van der Waals surface area contributed by atoms with E-state index in [1.807, 2.05) is 18.9 Å². The van der Waals surface area contributed by atoms with Crippen LogP contribution in [0.1, 0.15) is 35.7 Å². The Bertz CT molecular complexity index is 532. The Kier molecular flexibility index (Phi) is 4.93. The van der Waals surface area contributed by atoms with Gasteiger partial charge in [0.25, 0.3) is 5.91 Å². The highest BCUT2D eigenvalue weighted by Crippen LogP contribution is 2.20. The van der Waals surface area contributed by atoms with Gasteiger partial charge in [-0.25, -0.2) is 5.48 Å². The monoisotopic (exact) mass is 292 g/mol. The van der Waals surface area contributed by atoms with Crippen molar-refractivity contribution in [1.29, 1.82) is 0 Å². The van der Waals surface area contributed by atoms with Crippen molar-refractivity contribution in [2.45, 2.75) is 38.5 Å². The fourth-order valence-corrected chi connectivity index (χ4v) is 2.45. The molecular weight excluding hydrogens is 272 g/mol. The molecule has 2 N–H and O–H groups in total. The van der Waals surface area contributed by atoms with Crippen LogP contribution in [0.2, 0.25) is 0 Å². The fourth-order valence-electron chi connectivity index (χ4n) is 2.45. The lowest BCUT2D eigenvalue weighted by atomic mass is 10.0. The topological polar surface area (TPSA) is 78.9 Å². The molecule has 6 heteroatoms. The van der Waals surface area contributed by atoms with E-state index in [0.717, 1.165) is 12.7 Å². The van der Waals surface area contributed by atoms with E-state index in [9.17, 15) is 14.7 Å². The minimum Gasteiger partial charge on any atom is -0.508 e. The lowest BCUT2D eigenvalue weighted by Crippen LogP contribution is -2.43. The maximum atomic E-state index is 12.0. The third-order valence-corrected chi connectivity index (χ3v) is 3.72. The van der Waals surface area contributed by atoms with Crippen LogP contribution in [-0.2, 0) is 16.2 Å². The summed E-state index contributed by atoms with van der Waals surface area (Å²) in [6.07, 6.45) is 2.19. The number of phenolic OH excluding ortho intramolecular Hbond substituents is 1. The standard InChI is InChI=1S/C15H20N2O4/c1-10-3-6-14(15(20)16-21-10)17(2)8-12-7-13(19)5-4-11(12)9-18/h4-5,7,9-10,14,19H,3,6,8H2,1-2H3,(H,16,20). The summed E-state index contributed by atoms with van der Waals surface area (Å²) >= 11 is 0. The van der Waals surface area contributed by atoms with Crippen LogP contribution in [0.25, 0.3) is 0 Å². The van der Waals surface area contributed by atoms with Gasteiger partial charge in [0.05, 0.1) is 12.1 Å². The number of hydrogen-bond donors (Lipinski definition) is 2. The van der Waals surface area contributed by atoms with Crippen molar-refractivity contribution in [3.8, 4) is 5.75 Å². The molecule has 1 saturated heterocycles. The molecule has 1 fully saturated rings. The summed E-state index contributed by atoms with van der Waals surface area (Å²) in [5.41, 5.74) is 3.66. The molecule has 21 heavy (non-hydrogen) atoms. The molecule has 0 saturated carbocycles. The van der Waals surface area contributed by atoms with Crippen LogP contribution >= 0.6 is 0 Å². The van der Waals surface area contributed by atoms with Gasteiger partial charge in [-0.1, -0.05) is 0 Å². The number of carbonyl (C=O) groups is 2. The molecule has 0 aromatic heterocycles. The maximum Gasteiger partial charge on any atom is 0.260 e. The molecule has 0 bridgehead atoms. The van der Waals surface area contributed by atoms with E-state index in [4.69, 9.17) is 4.84 Å². The van der Waals surface area contributed by atoms with Crippen LogP contribution in [0.3, 0.4) is 0 Å². The minimum atomic E-state index is -0.322. The molecule has 1 aromatic carbocycles. The van der Waals surface area contributed by atoms with E-state index >= 15 is 0 Å². The fraction of sp³-hybridized carbons (Fsp3) is 0.467. The number of benzene rings is 1. The Hall–Kier alpha value is -1.92. The number of nitrogens with one attached hydrogen (secondary N) is 1. The largest absolute Gasteiger partial charge is 0.508 e. The molecule has 1 amide bonds. The quantitative estimate of drug-likeness (QED) is 0.816. The lowest BCUT2D eigenvalue weighted by molar-refractivity contribution is -0.139. The second-order valence-electron chi connectivity index (χ2n) is 5.40. The highest BCUT2D eigenvalue weighted by molar-refractivity contribution is 5.81. The molecule has 2 rings (SSSR count). The van der Waals surface area contributed by atoms with E-state index in [2.05, 4.69) is 5.48 Å². The number of hydroxylamine groups is 1. The first-order chi connectivity index (χ1) is 10.0. The predicted molar refractivity (Wildman–Crippen MR) is 76.7 cm³/mol. The zero-order valence-corrected chi connectivity index (χ0v) is 12.2. The van der Waals surface area contributed by atoms with Crippen LogP contribution in [-0.4, -0.2) is 41.4 Å². The molecule has 1 aliphatic heterocycles. The van der Waals surface area contributed by atoms with Crippen LogP contribution in [0.5, 0.6) is 5.75 Å².